The Morgan fingerprint density at radius 2 is 1.81 bits per heavy atom. The summed E-state index contributed by atoms with van der Waals surface area (Å²) in [5.74, 6) is 0.501. The molecule has 0 unspecified atom stereocenters. The molecule has 1 aromatic heterocycles. The van der Waals surface area contributed by atoms with Crippen molar-refractivity contribution in [3.05, 3.63) is 58.0 Å². The summed E-state index contributed by atoms with van der Waals surface area (Å²) in [6, 6.07) is 11.9. The first-order chi connectivity index (χ1) is 12.9. The third-order valence-corrected chi connectivity index (χ3v) is 7.87. The van der Waals surface area contributed by atoms with Crippen LogP contribution >= 0.6 is 0 Å². The lowest BCUT2D eigenvalue weighted by atomic mass is 9.83. The summed E-state index contributed by atoms with van der Waals surface area (Å²) in [4.78, 5) is 13.2. The second kappa shape index (κ2) is 6.91. The quantitative estimate of drug-likeness (QED) is 0.812. The highest BCUT2D eigenvalue weighted by atomic mass is 32.2. The molecule has 1 saturated heterocycles. The molecule has 2 aliphatic rings. The molecule has 5 nitrogen and oxygen atoms in total. The number of sulfonamides is 1. The van der Waals surface area contributed by atoms with Crippen molar-refractivity contribution in [2.75, 3.05) is 18.8 Å². The van der Waals surface area contributed by atoms with Crippen molar-refractivity contribution >= 4 is 10.0 Å². The van der Waals surface area contributed by atoms with Gasteiger partial charge in [-0.3, -0.25) is 4.79 Å². The molecule has 1 fully saturated rings. The summed E-state index contributed by atoms with van der Waals surface area (Å²) in [7, 11) is -3.20. The minimum Gasteiger partial charge on any atom is -0.311 e. The summed E-state index contributed by atoms with van der Waals surface area (Å²) in [6.07, 6.45) is 1.59. The maximum atomic E-state index is 13.2. The Labute approximate surface area is 160 Å². The predicted octanol–water partition coefficient (Wildman–Crippen LogP) is 2.98. The molecule has 0 N–H and O–H groups in total. The highest BCUT2D eigenvalue weighted by Gasteiger charge is 2.38. The highest BCUT2D eigenvalue weighted by Crippen LogP contribution is 2.37. The highest BCUT2D eigenvalue weighted by molar-refractivity contribution is 7.89. The Hall–Kier alpha value is -1.92. The van der Waals surface area contributed by atoms with Gasteiger partial charge in [-0.05, 0) is 48.9 Å². The zero-order valence-corrected chi connectivity index (χ0v) is 16.7. The second-order valence-electron chi connectivity index (χ2n) is 7.83. The topological polar surface area (TPSA) is 59.4 Å². The molecular weight excluding hydrogens is 360 g/mol. The van der Waals surface area contributed by atoms with Crippen molar-refractivity contribution < 1.29 is 8.42 Å². The van der Waals surface area contributed by atoms with Gasteiger partial charge in [-0.2, -0.15) is 0 Å². The van der Waals surface area contributed by atoms with Crippen LogP contribution in [0.15, 0.2) is 41.2 Å². The van der Waals surface area contributed by atoms with Crippen LogP contribution in [0.1, 0.15) is 36.9 Å². The lowest BCUT2D eigenvalue weighted by Crippen LogP contribution is -2.49. The largest absolute Gasteiger partial charge is 0.311 e. The third-order valence-electron chi connectivity index (χ3n) is 5.86. The van der Waals surface area contributed by atoms with Crippen LogP contribution in [-0.2, 0) is 16.6 Å². The Morgan fingerprint density at radius 1 is 1.04 bits per heavy atom. The first kappa shape index (κ1) is 18.4. The molecule has 0 radical (unpaired) electrons. The molecule has 6 heteroatoms. The number of rotatable bonds is 4. The number of hydrogen-bond donors (Lipinski definition) is 0. The minimum absolute atomic E-state index is 0.0429. The van der Waals surface area contributed by atoms with E-state index in [1.54, 1.807) is 4.31 Å². The Bertz CT molecular complexity index is 1030. The molecule has 2 aromatic rings. The van der Waals surface area contributed by atoms with Crippen molar-refractivity contribution in [2.45, 2.75) is 39.2 Å². The van der Waals surface area contributed by atoms with E-state index in [1.807, 2.05) is 54.8 Å². The molecule has 3 heterocycles. The molecule has 27 heavy (non-hydrogen) atoms. The molecule has 0 spiro atoms. The van der Waals surface area contributed by atoms with E-state index in [0.29, 0.717) is 26.1 Å². The fourth-order valence-electron chi connectivity index (χ4n) is 4.60. The van der Waals surface area contributed by atoms with Crippen molar-refractivity contribution in [3.8, 4) is 11.1 Å². The number of hydrogen-bond acceptors (Lipinski definition) is 3. The van der Waals surface area contributed by atoms with E-state index in [1.165, 1.54) is 0 Å². The van der Waals surface area contributed by atoms with E-state index in [4.69, 9.17) is 0 Å². The van der Waals surface area contributed by atoms with Crippen molar-refractivity contribution in [3.63, 3.8) is 0 Å². The number of piperidine rings is 1. The van der Waals surface area contributed by atoms with Crippen LogP contribution in [0.4, 0.5) is 0 Å². The van der Waals surface area contributed by atoms with Crippen LogP contribution in [0.25, 0.3) is 11.1 Å². The number of aromatic nitrogens is 1. The van der Waals surface area contributed by atoms with E-state index in [9.17, 15) is 13.2 Å². The van der Waals surface area contributed by atoms with Gasteiger partial charge in [-0.25, -0.2) is 12.7 Å². The second-order valence-corrected chi connectivity index (χ2v) is 9.92. The van der Waals surface area contributed by atoms with E-state index in [2.05, 4.69) is 0 Å². The average molecular weight is 387 g/mol. The van der Waals surface area contributed by atoms with Crippen LogP contribution in [-0.4, -0.2) is 36.1 Å². The van der Waals surface area contributed by atoms with Crippen LogP contribution in [0.2, 0.25) is 0 Å². The summed E-state index contributed by atoms with van der Waals surface area (Å²) < 4.78 is 28.6. The van der Waals surface area contributed by atoms with Gasteiger partial charge in [-0.1, -0.05) is 31.2 Å². The van der Waals surface area contributed by atoms with Gasteiger partial charge in [0.2, 0.25) is 10.0 Å². The fraction of sp³-hybridized carbons (Fsp3) is 0.476. The first-order valence-electron chi connectivity index (χ1n) is 9.68. The first-order valence-corrected chi connectivity index (χ1v) is 11.3. The zero-order valence-electron chi connectivity index (χ0n) is 15.9. The number of nitrogens with zero attached hydrogens (tertiary/aromatic N) is 2. The Morgan fingerprint density at radius 3 is 2.56 bits per heavy atom. The fourth-order valence-corrected chi connectivity index (χ4v) is 6.22. The van der Waals surface area contributed by atoms with E-state index in [0.717, 1.165) is 28.8 Å². The SMILES string of the molecule is CCCS(=O)(=O)N1C[C@H]2C[C@H](C1)c1ccc(-c3ccccc3C)c(=O)n1C2. The van der Waals surface area contributed by atoms with E-state index >= 15 is 0 Å². The maximum Gasteiger partial charge on any atom is 0.258 e. The molecule has 4 rings (SSSR count). The lowest BCUT2D eigenvalue weighted by Gasteiger charge is -2.42. The van der Waals surface area contributed by atoms with Gasteiger partial charge in [0, 0.05) is 36.8 Å². The zero-order chi connectivity index (χ0) is 19.2. The van der Waals surface area contributed by atoms with Crippen molar-refractivity contribution in [1.29, 1.82) is 0 Å². The minimum atomic E-state index is -3.20. The van der Waals surface area contributed by atoms with Gasteiger partial charge in [0.15, 0.2) is 0 Å². The number of aryl methyl sites for hydroxylation is 1. The van der Waals surface area contributed by atoms with Crippen LogP contribution in [0.5, 0.6) is 0 Å². The Kier molecular flexibility index (Phi) is 4.72. The van der Waals surface area contributed by atoms with Crippen LogP contribution in [0, 0.1) is 12.8 Å². The molecule has 0 saturated carbocycles. The molecule has 0 aliphatic carbocycles. The molecule has 2 atom stereocenters. The van der Waals surface area contributed by atoms with Crippen LogP contribution < -0.4 is 5.56 Å². The van der Waals surface area contributed by atoms with Crippen molar-refractivity contribution in [1.82, 2.24) is 8.87 Å². The molecule has 2 bridgehead atoms. The van der Waals surface area contributed by atoms with Crippen molar-refractivity contribution in [2.24, 2.45) is 5.92 Å². The van der Waals surface area contributed by atoms with Gasteiger partial charge in [0.25, 0.3) is 5.56 Å². The lowest BCUT2D eigenvalue weighted by molar-refractivity contribution is 0.186. The normalized spacial score (nSPS) is 22.4. The molecule has 144 valence electrons. The maximum absolute atomic E-state index is 13.2. The van der Waals surface area contributed by atoms with Crippen LogP contribution in [0.3, 0.4) is 0 Å². The van der Waals surface area contributed by atoms with Gasteiger partial charge in [-0.15, -0.1) is 0 Å². The molecule has 2 aliphatic heterocycles. The monoisotopic (exact) mass is 386 g/mol. The Balaban J connectivity index is 1.72. The van der Waals surface area contributed by atoms with E-state index in [-0.39, 0.29) is 23.1 Å². The number of benzene rings is 1. The molecular formula is C21H26N2O3S. The summed E-state index contributed by atoms with van der Waals surface area (Å²) >= 11 is 0. The van der Waals surface area contributed by atoms with E-state index < -0.39 is 10.0 Å². The third kappa shape index (κ3) is 3.25. The average Bonchev–Trinajstić information content (AvgIpc) is 2.63. The molecule has 1 aromatic carbocycles. The summed E-state index contributed by atoms with van der Waals surface area (Å²) in [5.41, 5.74) is 3.81. The smallest absolute Gasteiger partial charge is 0.258 e. The predicted molar refractivity (Wildman–Crippen MR) is 107 cm³/mol. The number of fused-ring (bicyclic) bond motifs is 4. The van der Waals surface area contributed by atoms with Gasteiger partial charge < -0.3 is 4.57 Å². The number of pyridine rings is 1. The van der Waals surface area contributed by atoms with Gasteiger partial charge in [0.1, 0.15) is 0 Å². The molecule has 0 amide bonds. The van der Waals surface area contributed by atoms with Gasteiger partial charge in [0.05, 0.1) is 5.75 Å². The summed E-state index contributed by atoms with van der Waals surface area (Å²) in [6.45, 7) is 5.53. The summed E-state index contributed by atoms with van der Waals surface area (Å²) in [5, 5.41) is 0. The van der Waals surface area contributed by atoms with Gasteiger partial charge >= 0.3 is 0 Å². The standard InChI is InChI=1S/C21H26N2O3S/c1-3-10-27(25,26)22-12-16-11-17(14-22)20-9-8-19(21(24)23(20)13-16)18-7-5-4-6-15(18)2/h4-9,16-17H,3,10-14H2,1-2H3/t16-,17-/m1/s1.